The Morgan fingerprint density at radius 2 is 0.610 bits per heavy atom. The SMILES string of the molecule is CCCCCCCCCCCCCCCCCCC/C=C/C(O)C(CO)NC(=O)CCCCCCCCCCCC/C=C\CCCCCCCCCCCCCCOC(=O)CCCCCCCCCCCCCCCCC. The molecule has 0 aromatic carbocycles. The number of amides is 1. The van der Waals surface area contributed by atoms with Crippen molar-refractivity contribution in [1.82, 2.24) is 5.32 Å². The van der Waals surface area contributed by atoms with Crippen molar-refractivity contribution < 1.29 is 24.5 Å². The number of carbonyl (C=O) groups is 2. The Labute approximate surface area is 481 Å². The van der Waals surface area contributed by atoms with E-state index in [1.165, 1.54) is 327 Å². The highest BCUT2D eigenvalue weighted by Crippen LogP contribution is 2.18. The summed E-state index contributed by atoms with van der Waals surface area (Å²) in [5, 5.41) is 23.2. The van der Waals surface area contributed by atoms with Gasteiger partial charge in [-0.1, -0.05) is 346 Å². The minimum Gasteiger partial charge on any atom is -0.466 e. The molecule has 2 atom stereocenters. The molecule has 6 heteroatoms. The lowest BCUT2D eigenvalue weighted by atomic mass is 10.0. The summed E-state index contributed by atoms with van der Waals surface area (Å²) in [6.07, 6.45) is 83.9. The van der Waals surface area contributed by atoms with Crippen LogP contribution in [0.1, 0.15) is 393 Å². The quantitative estimate of drug-likeness (QED) is 0.0320. The number of aliphatic hydroxyl groups excluding tert-OH is 2. The normalized spacial score (nSPS) is 12.6. The van der Waals surface area contributed by atoms with E-state index in [1.54, 1.807) is 6.08 Å². The van der Waals surface area contributed by atoms with E-state index < -0.39 is 12.1 Å². The average molecular weight is 1080 g/mol. The standard InChI is InChI=1S/C71H137NO5/c1-3-5-7-9-11-13-15-17-19-20-29-32-36-39-43-47-51-55-59-63-69(74)68(67-73)72-70(75)64-60-56-52-48-44-40-37-33-30-27-25-23-21-22-24-26-28-31-34-38-42-46-50-54-58-62-66-77-71(76)65-61-57-53-49-45-41-35-18-16-14-12-10-8-6-4-2/h21,23,59,63,68-69,73-74H,3-20,22,24-58,60-62,64-67H2,1-2H3,(H,72,75)/b23-21-,63-59+. The van der Waals surface area contributed by atoms with E-state index in [9.17, 15) is 19.8 Å². The molecule has 0 fully saturated rings. The van der Waals surface area contributed by atoms with Crippen LogP contribution in [0.25, 0.3) is 0 Å². The fourth-order valence-corrected chi connectivity index (χ4v) is 11.1. The summed E-state index contributed by atoms with van der Waals surface area (Å²) >= 11 is 0. The van der Waals surface area contributed by atoms with Crippen LogP contribution in [0.5, 0.6) is 0 Å². The molecule has 1 amide bonds. The Kier molecular flexibility index (Phi) is 65.4. The van der Waals surface area contributed by atoms with Gasteiger partial charge in [0.1, 0.15) is 0 Å². The summed E-state index contributed by atoms with van der Waals surface area (Å²) in [5.74, 6) is -0.0487. The summed E-state index contributed by atoms with van der Waals surface area (Å²) in [6, 6.07) is -0.630. The van der Waals surface area contributed by atoms with E-state index >= 15 is 0 Å². The molecule has 2 unspecified atom stereocenters. The van der Waals surface area contributed by atoms with E-state index in [0.717, 1.165) is 38.5 Å². The van der Waals surface area contributed by atoms with Crippen molar-refractivity contribution in [2.75, 3.05) is 13.2 Å². The second-order valence-electron chi connectivity index (χ2n) is 24.2. The highest BCUT2D eigenvalue weighted by atomic mass is 16.5. The van der Waals surface area contributed by atoms with Gasteiger partial charge in [0.25, 0.3) is 0 Å². The third-order valence-electron chi connectivity index (χ3n) is 16.5. The van der Waals surface area contributed by atoms with Crippen LogP contribution in [0.15, 0.2) is 24.3 Å². The number of hydrogen-bond acceptors (Lipinski definition) is 5. The van der Waals surface area contributed by atoms with Gasteiger partial charge >= 0.3 is 5.97 Å². The summed E-state index contributed by atoms with van der Waals surface area (Å²) in [5.41, 5.74) is 0. The average Bonchev–Trinajstić information content (AvgIpc) is 3.43. The zero-order chi connectivity index (χ0) is 55.7. The molecule has 0 radical (unpaired) electrons. The van der Waals surface area contributed by atoms with Crippen molar-refractivity contribution in [3.05, 3.63) is 24.3 Å². The molecule has 6 nitrogen and oxygen atoms in total. The lowest BCUT2D eigenvalue weighted by Gasteiger charge is -2.20. The molecule has 0 aromatic rings. The fourth-order valence-electron chi connectivity index (χ4n) is 11.1. The maximum absolute atomic E-state index is 12.5. The van der Waals surface area contributed by atoms with Gasteiger partial charge in [-0.25, -0.2) is 0 Å². The van der Waals surface area contributed by atoms with Crippen LogP contribution in [0.3, 0.4) is 0 Å². The van der Waals surface area contributed by atoms with E-state index in [1.807, 2.05) is 6.08 Å². The zero-order valence-electron chi connectivity index (χ0n) is 52.2. The van der Waals surface area contributed by atoms with Crippen molar-refractivity contribution in [1.29, 1.82) is 0 Å². The van der Waals surface area contributed by atoms with Gasteiger partial charge in [0.15, 0.2) is 0 Å². The van der Waals surface area contributed by atoms with Crippen LogP contribution in [0, 0.1) is 0 Å². The van der Waals surface area contributed by atoms with Crippen LogP contribution in [0.2, 0.25) is 0 Å². The van der Waals surface area contributed by atoms with Crippen molar-refractivity contribution in [3.63, 3.8) is 0 Å². The highest BCUT2D eigenvalue weighted by Gasteiger charge is 2.18. The molecule has 0 aliphatic heterocycles. The van der Waals surface area contributed by atoms with Crippen molar-refractivity contribution in [2.24, 2.45) is 0 Å². The lowest BCUT2D eigenvalue weighted by molar-refractivity contribution is -0.143. The number of hydrogen-bond donors (Lipinski definition) is 3. The Bertz CT molecular complexity index is 1200. The number of allylic oxidation sites excluding steroid dienone is 3. The van der Waals surface area contributed by atoms with E-state index in [0.29, 0.717) is 19.4 Å². The molecule has 0 rings (SSSR count). The van der Waals surface area contributed by atoms with Gasteiger partial charge in [-0.15, -0.1) is 0 Å². The molecule has 456 valence electrons. The van der Waals surface area contributed by atoms with E-state index in [-0.39, 0.29) is 18.5 Å². The first-order chi connectivity index (χ1) is 38.0. The van der Waals surface area contributed by atoms with Gasteiger partial charge < -0.3 is 20.3 Å². The second kappa shape index (κ2) is 66.8. The predicted molar refractivity (Wildman–Crippen MR) is 338 cm³/mol. The summed E-state index contributed by atoms with van der Waals surface area (Å²) in [4.78, 5) is 24.6. The highest BCUT2D eigenvalue weighted by molar-refractivity contribution is 5.76. The number of esters is 1. The van der Waals surface area contributed by atoms with Gasteiger partial charge in [0.2, 0.25) is 5.91 Å². The number of carbonyl (C=O) groups excluding carboxylic acids is 2. The molecular formula is C71H137NO5. The second-order valence-corrected chi connectivity index (χ2v) is 24.2. The first-order valence-corrected chi connectivity index (χ1v) is 35.1. The first kappa shape index (κ1) is 75.3. The third-order valence-corrected chi connectivity index (χ3v) is 16.5. The molecule has 77 heavy (non-hydrogen) atoms. The number of aliphatic hydroxyl groups is 2. The van der Waals surface area contributed by atoms with Crippen LogP contribution >= 0.6 is 0 Å². The van der Waals surface area contributed by atoms with Crippen molar-refractivity contribution >= 4 is 11.9 Å². The van der Waals surface area contributed by atoms with Crippen molar-refractivity contribution in [2.45, 2.75) is 405 Å². The Morgan fingerprint density at radius 1 is 0.351 bits per heavy atom. The van der Waals surface area contributed by atoms with Gasteiger partial charge in [-0.2, -0.15) is 0 Å². The topological polar surface area (TPSA) is 95.9 Å². The minimum absolute atomic E-state index is 0.0175. The number of rotatable bonds is 66. The molecule has 0 saturated heterocycles. The molecular weight excluding hydrogens is 947 g/mol. The maximum Gasteiger partial charge on any atom is 0.305 e. The lowest BCUT2D eigenvalue weighted by Crippen LogP contribution is -2.45. The summed E-state index contributed by atoms with van der Waals surface area (Å²) in [6.45, 7) is 4.94. The monoisotopic (exact) mass is 1080 g/mol. The van der Waals surface area contributed by atoms with Crippen molar-refractivity contribution in [3.8, 4) is 0 Å². The summed E-state index contributed by atoms with van der Waals surface area (Å²) in [7, 11) is 0. The first-order valence-electron chi connectivity index (χ1n) is 35.1. The number of unbranched alkanes of at least 4 members (excludes halogenated alkanes) is 53. The van der Waals surface area contributed by atoms with Gasteiger partial charge in [-0.3, -0.25) is 9.59 Å². The van der Waals surface area contributed by atoms with Crippen LogP contribution in [-0.4, -0.2) is 47.4 Å². The zero-order valence-corrected chi connectivity index (χ0v) is 52.2. The van der Waals surface area contributed by atoms with Crippen LogP contribution < -0.4 is 5.32 Å². The molecule has 3 N–H and O–H groups in total. The van der Waals surface area contributed by atoms with Crippen LogP contribution in [0.4, 0.5) is 0 Å². The van der Waals surface area contributed by atoms with Gasteiger partial charge in [0, 0.05) is 12.8 Å². The molecule has 0 heterocycles. The minimum atomic E-state index is -0.846. The molecule has 0 spiro atoms. The Balaban J connectivity index is 3.40. The number of ether oxygens (including phenoxy) is 1. The Morgan fingerprint density at radius 3 is 0.922 bits per heavy atom. The molecule has 0 saturated carbocycles. The number of nitrogens with one attached hydrogen (secondary N) is 1. The van der Waals surface area contributed by atoms with Gasteiger partial charge in [-0.05, 0) is 57.8 Å². The predicted octanol–water partition coefficient (Wildman–Crippen LogP) is 22.5. The molecule has 0 aromatic heterocycles. The summed E-state index contributed by atoms with van der Waals surface area (Å²) < 4.78 is 5.50. The van der Waals surface area contributed by atoms with Crippen LogP contribution in [-0.2, 0) is 14.3 Å². The van der Waals surface area contributed by atoms with E-state index in [4.69, 9.17) is 4.74 Å². The largest absolute Gasteiger partial charge is 0.466 e. The molecule has 0 bridgehead atoms. The van der Waals surface area contributed by atoms with E-state index in [2.05, 4.69) is 31.3 Å². The third kappa shape index (κ3) is 63.4. The fraction of sp³-hybridized carbons (Fsp3) is 0.915. The maximum atomic E-state index is 12.5. The Hall–Kier alpha value is -1.66. The molecule has 0 aliphatic rings. The van der Waals surface area contributed by atoms with Gasteiger partial charge in [0.05, 0.1) is 25.4 Å². The molecule has 0 aliphatic carbocycles. The smallest absolute Gasteiger partial charge is 0.305 e.